The monoisotopic (exact) mass is 291 g/mol. The summed E-state index contributed by atoms with van der Waals surface area (Å²) in [5.74, 6) is -3.00. The first-order valence-corrected chi connectivity index (χ1v) is 5.78. The summed E-state index contributed by atoms with van der Waals surface area (Å²) in [6.45, 7) is 0. The lowest BCUT2D eigenvalue weighted by atomic mass is 10.0. The number of esters is 1. The number of carbonyl (C=O) groups is 2. The molecule has 0 radical (unpaired) electrons. The molecule has 0 aliphatic heterocycles. The Morgan fingerprint density at radius 1 is 1.19 bits per heavy atom. The van der Waals surface area contributed by atoms with Crippen molar-refractivity contribution in [1.82, 2.24) is 4.98 Å². The Balaban J connectivity index is 2.51. The highest BCUT2D eigenvalue weighted by atomic mass is 19.1. The summed E-state index contributed by atoms with van der Waals surface area (Å²) in [5, 5.41) is 8.89. The Morgan fingerprint density at radius 3 is 2.48 bits per heavy atom. The van der Waals surface area contributed by atoms with E-state index in [4.69, 9.17) is 5.11 Å². The van der Waals surface area contributed by atoms with Crippen LogP contribution in [0.5, 0.6) is 0 Å². The first-order chi connectivity index (χ1) is 9.93. The second kappa shape index (κ2) is 5.58. The number of carboxylic acid groups (broad SMARTS) is 1. The number of carbonyl (C=O) groups excluding carboxylic acids is 1. The molecule has 0 aliphatic rings. The third-order valence-electron chi connectivity index (χ3n) is 2.84. The molecular weight excluding hydrogens is 281 g/mol. The molecule has 0 fully saturated rings. The number of rotatable bonds is 3. The number of aromatic amines is 1. The fourth-order valence-electron chi connectivity index (χ4n) is 1.78. The normalized spacial score (nSPS) is 10.2. The summed E-state index contributed by atoms with van der Waals surface area (Å²) in [6.07, 6.45) is 1.27. The first kappa shape index (κ1) is 14.4. The third-order valence-corrected chi connectivity index (χ3v) is 2.84. The summed E-state index contributed by atoms with van der Waals surface area (Å²) in [5.41, 5.74) is -0.812. The Morgan fingerprint density at radius 2 is 1.90 bits per heavy atom. The van der Waals surface area contributed by atoms with E-state index in [9.17, 15) is 18.8 Å². The van der Waals surface area contributed by atoms with Gasteiger partial charge in [-0.05, 0) is 29.3 Å². The number of pyridine rings is 1. The number of hydrogen-bond acceptors (Lipinski definition) is 4. The summed E-state index contributed by atoms with van der Waals surface area (Å²) < 4.78 is 18.2. The number of carboxylic acids is 1. The Labute approximate surface area is 117 Å². The number of methoxy groups -OCH3 is 1. The van der Waals surface area contributed by atoms with E-state index >= 15 is 0 Å². The quantitative estimate of drug-likeness (QED) is 0.838. The van der Waals surface area contributed by atoms with Gasteiger partial charge in [-0.3, -0.25) is 4.79 Å². The van der Waals surface area contributed by atoms with Crippen LogP contribution in [0.2, 0.25) is 0 Å². The highest BCUT2D eigenvalue weighted by molar-refractivity contribution is 5.91. The number of halogens is 1. The van der Waals surface area contributed by atoms with Crippen molar-refractivity contribution in [3.63, 3.8) is 0 Å². The lowest BCUT2D eigenvalue weighted by Crippen LogP contribution is -2.16. The minimum Gasteiger partial charge on any atom is -0.477 e. The van der Waals surface area contributed by atoms with Gasteiger partial charge in [0.05, 0.1) is 12.7 Å². The SMILES string of the molecule is COC(=O)c1ccc(-c2c[nH]c(=O)c(C(=O)O)c2)cc1F. The van der Waals surface area contributed by atoms with Crippen molar-refractivity contribution in [2.24, 2.45) is 0 Å². The lowest BCUT2D eigenvalue weighted by Gasteiger charge is -2.06. The lowest BCUT2D eigenvalue weighted by molar-refractivity contribution is 0.0594. The van der Waals surface area contributed by atoms with E-state index in [1.165, 1.54) is 18.3 Å². The van der Waals surface area contributed by atoms with Crippen LogP contribution in [0.1, 0.15) is 20.7 Å². The van der Waals surface area contributed by atoms with Crippen molar-refractivity contribution in [3.8, 4) is 11.1 Å². The van der Waals surface area contributed by atoms with Gasteiger partial charge in [-0.2, -0.15) is 0 Å². The summed E-state index contributed by atoms with van der Waals surface area (Å²) >= 11 is 0. The number of hydrogen-bond donors (Lipinski definition) is 2. The van der Waals surface area contributed by atoms with Gasteiger partial charge in [0.25, 0.3) is 5.56 Å². The van der Waals surface area contributed by atoms with Gasteiger partial charge in [-0.1, -0.05) is 6.07 Å². The van der Waals surface area contributed by atoms with E-state index in [2.05, 4.69) is 9.72 Å². The molecule has 1 aromatic carbocycles. The number of aromatic nitrogens is 1. The Kier molecular flexibility index (Phi) is 3.84. The molecule has 0 unspecified atom stereocenters. The van der Waals surface area contributed by atoms with E-state index in [0.29, 0.717) is 11.1 Å². The zero-order valence-electron chi connectivity index (χ0n) is 10.8. The van der Waals surface area contributed by atoms with Crippen LogP contribution in [-0.4, -0.2) is 29.1 Å². The van der Waals surface area contributed by atoms with Gasteiger partial charge < -0.3 is 14.8 Å². The Hall–Kier alpha value is -2.96. The van der Waals surface area contributed by atoms with Crippen LogP contribution in [0.3, 0.4) is 0 Å². The van der Waals surface area contributed by atoms with Crippen LogP contribution in [0.15, 0.2) is 35.3 Å². The molecule has 0 saturated carbocycles. The van der Waals surface area contributed by atoms with Crippen LogP contribution in [0.25, 0.3) is 11.1 Å². The second-order valence-electron chi connectivity index (χ2n) is 4.12. The second-order valence-corrected chi connectivity index (χ2v) is 4.12. The minimum atomic E-state index is -1.38. The third kappa shape index (κ3) is 2.81. The fourth-order valence-corrected chi connectivity index (χ4v) is 1.78. The van der Waals surface area contributed by atoms with Crippen molar-refractivity contribution in [1.29, 1.82) is 0 Å². The van der Waals surface area contributed by atoms with Gasteiger partial charge in [0.15, 0.2) is 0 Å². The Bertz CT molecular complexity index is 781. The highest BCUT2D eigenvalue weighted by Gasteiger charge is 2.15. The predicted octanol–water partition coefficient (Wildman–Crippen LogP) is 1.67. The van der Waals surface area contributed by atoms with Crippen molar-refractivity contribution in [2.75, 3.05) is 7.11 Å². The maximum Gasteiger partial charge on any atom is 0.341 e. The number of nitrogens with one attached hydrogen (secondary N) is 1. The van der Waals surface area contributed by atoms with Gasteiger partial charge in [0, 0.05) is 6.20 Å². The molecule has 0 spiro atoms. The van der Waals surface area contributed by atoms with Crippen LogP contribution >= 0.6 is 0 Å². The van der Waals surface area contributed by atoms with E-state index in [1.54, 1.807) is 0 Å². The predicted molar refractivity (Wildman–Crippen MR) is 70.8 cm³/mol. The average molecular weight is 291 g/mol. The molecule has 2 N–H and O–H groups in total. The molecule has 0 aliphatic carbocycles. The molecule has 0 saturated heterocycles. The van der Waals surface area contributed by atoms with Gasteiger partial charge in [-0.15, -0.1) is 0 Å². The van der Waals surface area contributed by atoms with E-state index in [-0.39, 0.29) is 5.56 Å². The number of H-pyrrole nitrogens is 1. The van der Waals surface area contributed by atoms with Crippen molar-refractivity contribution >= 4 is 11.9 Å². The zero-order valence-corrected chi connectivity index (χ0v) is 10.8. The molecule has 7 heteroatoms. The maximum absolute atomic E-state index is 13.8. The van der Waals surface area contributed by atoms with Crippen molar-refractivity contribution in [3.05, 3.63) is 57.8 Å². The molecule has 2 rings (SSSR count). The summed E-state index contributed by atoms with van der Waals surface area (Å²) in [7, 11) is 1.14. The van der Waals surface area contributed by atoms with Crippen LogP contribution in [0, 0.1) is 5.82 Å². The largest absolute Gasteiger partial charge is 0.477 e. The maximum atomic E-state index is 13.8. The fraction of sp³-hybridized carbons (Fsp3) is 0.0714. The van der Waals surface area contributed by atoms with Crippen LogP contribution < -0.4 is 5.56 Å². The number of aromatic carboxylic acids is 1. The molecule has 2 aromatic rings. The van der Waals surface area contributed by atoms with Gasteiger partial charge in [0.2, 0.25) is 0 Å². The van der Waals surface area contributed by atoms with E-state index in [1.807, 2.05) is 0 Å². The zero-order chi connectivity index (χ0) is 15.6. The minimum absolute atomic E-state index is 0.232. The molecule has 21 heavy (non-hydrogen) atoms. The molecule has 0 atom stereocenters. The molecule has 108 valence electrons. The van der Waals surface area contributed by atoms with Gasteiger partial charge in [-0.25, -0.2) is 14.0 Å². The summed E-state index contributed by atoms with van der Waals surface area (Å²) in [6, 6.07) is 4.84. The van der Waals surface area contributed by atoms with E-state index in [0.717, 1.165) is 19.2 Å². The smallest absolute Gasteiger partial charge is 0.341 e. The molecule has 6 nitrogen and oxygen atoms in total. The number of ether oxygens (including phenoxy) is 1. The highest BCUT2D eigenvalue weighted by Crippen LogP contribution is 2.22. The van der Waals surface area contributed by atoms with Crippen LogP contribution in [0.4, 0.5) is 4.39 Å². The topological polar surface area (TPSA) is 96.5 Å². The molecule has 0 bridgehead atoms. The van der Waals surface area contributed by atoms with Gasteiger partial charge in [0.1, 0.15) is 11.4 Å². The van der Waals surface area contributed by atoms with E-state index < -0.39 is 28.9 Å². The molecule has 1 aromatic heterocycles. The van der Waals surface area contributed by atoms with Gasteiger partial charge >= 0.3 is 11.9 Å². The standard InChI is InChI=1S/C14H10FNO5/c1-21-14(20)9-3-2-7(5-11(9)15)8-4-10(13(18)19)12(17)16-6-8/h2-6H,1H3,(H,16,17)(H,18,19). The summed E-state index contributed by atoms with van der Waals surface area (Å²) in [4.78, 5) is 35.8. The van der Waals surface area contributed by atoms with Crippen LogP contribution in [-0.2, 0) is 4.74 Å². The molecule has 1 heterocycles. The average Bonchev–Trinajstić information content (AvgIpc) is 2.46. The molecule has 0 amide bonds. The van der Waals surface area contributed by atoms with Crippen molar-refractivity contribution < 1.29 is 23.8 Å². The first-order valence-electron chi connectivity index (χ1n) is 5.78. The number of benzene rings is 1. The molecular formula is C14H10FNO5. The van der Waals surface area contributed by atoms with Crippen molar-refractivity contribution in [2.45, 2.75) is 0 Å².